The molecule has 0 bridgehead atoms. The molecule has 0 aliphatic heterocycles. The van der Waals surface area contributed by atoms with E-state index in [0.29, 0.717) is 28.1 Å². The normalized spacial score (nSPS) is 11.6. The fourth-order valence-electron chi connectivity index (χ4n) is 3.86. The summed E-state index contributed by atoms with van der Waals surface area (Å²) in [4.78, 5) is 17.8. The quantitative estimate of drug-likeness (QED) is 0.416. The van der Waals surface area contributed by atoms with Crippen molar-refractivity contribution in [1.82, 2.24) is 39.1 Å². The summed E-state index contributed by atoms with van der Waals surface area (Å²) in [6.07, 6.45) is 9.01. The largest absolute Gasteiger partial charge is 0.356 e. The molecule has 0 radical (unpaired) electrons. The highest BCUT2D eigenvalue weighted by atomic mass is 16.5. The molecule has 6 heterocycles. The van der Waals surface area contributed by atoms with Crippen LogP contribution in [0.5, 0.6) is 0 Å². The van der Waals surface area contributed by atoms with Gasteiger partial charge in [-0.25, -0.2) is 0 Å². The molecule has 0 N–H and O–H groups in total. The molecule has 0 aliphatic rings. The molecule has 0 aliphatic carbocycles. The number of hydrogen-bond donors (Lipinski definition) is 0. The Morgan fingerprint density at radius 2 is 1.91 bits per heavy atom. The van der Waals surface area contributed by atoms with Gasteiger partial charge in [0.15, 0.2) is 17.2 Å². The van der Waals surface area contributed by atoms with Crippen molar-refractivity contribution < 1.29 is 4.52 Å². The second-order valence-corrected chi connectivity index (χ2v) is 7.90. The molecule has 0 aromatic carbocycles. The fraction of sp³-hybridized carbons (Fsp3) is 0.130. The van der Waals surface area contributed by atoms with Crippen LogP contribution in [0.15, 0.2) is 70.6 Å². The van der Waals surface area contributed by atoms with E-state index in [4.69, 9.17) is 4.52 Å². The number of rotatable bonds is 4. The van der Waals surface area contributed by atoms with Gasteiger partial charge in [-0.2, -0.15) is 5.10 Å². The lowest BCUT2D eigenvalue weighted by Crippen LogP contribution is -2.21. The minimum atomic E-state index is -0.149. The first-order valence-corrected chi connectivity index (χ1v) is 10.3. The van der Waals surface area contributed by atoms with Crippen molar-refractivity contribution in [3.63, 3.8) is 0 Å². The van der Waals surface area contributed by atoms with Gasteiger partial charge in [-0.3, -0.25) is 18.9 Å². The molecule has 10 nitrogen and oxygen atoms in total. The Bertz CT molecular complexity index is 1700. The summed E-state index contributed by atoms with van der Waals surface area (Å²) in [5.74, 6) is 1.28. The Labute approximate surface area is 186 Å². The molecular formula is C23H18N8O2. The number of pyridine rings is 3. The van der Waals surface area contributed by atoms with E-state index in [2.05, 4.69) is 25.4 Å². The van der Waals surface area contributed by atoms with Gasteiger partial charge < -0.3 is 9.09 Å². The lowest BCUT2D eigenvalue weighted by Gasteiger charge is -2.07. The third-order valence-electron chi connectivity index (χ3n) is 5.56. The highest BCUT2D eigenvalue weighted by Gasteiger charge is 2.13. The molecule has 0 fully saturated rings. The van der Waals surface area contributed by atoms with Crippen molar-refractivity contribution in [2.24, 2.45) is 7.05 Å². The van der Waals surface area contributed by atoms with Gasteiger partial charge >= 0.3 is 0 Å². The minimum Gasteiger partial charge on any atom is -0.356 e. The molecule has 6 rings (SSSR count). The van der Waals surface area contributed by atoms with E-state index in [0.717, 1.165) is 22.4 Å². The van der Waals surface area contributed by atoms with Crippen LogP contribution in [0.25, 0.3) is 39.0 Å². The SMILES string of the molecule is Cc1cc(-c2ccc3nnc(Cn4ccc5ncc(-c6cnn(C)c6)cc5c4=O)n3c2)on1. The van der Waals surface area contributed by atoms with Crippen molar-refractivity contribution in [2.45, 2.75) is 13.5 Å². The summed E-state index contributed by atoms with van der Waals surface area (Å²) in [6.45, 7) is 2.13. The maximum absolute atomic E-state index is 13.3. The minimum absolute atomic E-state index is 0.149. The maximum Gasteiger partial charge on any atom is 0.260 e. The molecule has 6 aromatic heterocycles. The van der Waals surface area contributed by atoms with E-state index < -0.39 is 0 Å². The molecule has 0 spiro atoms. The predicted octanol–water partition coefficient (Wildman–Crippen LogP) is 2.85. The van der Waals surface area contributed by atoms with E-state index >= 15 is 0 Å². The Morgan fingerprint density at radius 3 is 2.70 bits per heavy atom. The van der Waals surface area contributed by atoms with Gasteiger partial charge in [0.05, 0.1) is 29.3 Å². The third-order valence-corrected chi connectivity index (χ3v) is 5.56. The van der Waals surface area contributed by atoms with Crippen LogP contribution in [-0.2, 0) is 13.6 Å². The zero-order chi connectivity index (χ0) is 22.5. The Hall–Kier alpha value is -4.60. The van der Waals surface area contributed by atoms with Gasteiger partial charge in [0.25, 0.3) is 5.56 Å². The topological polar surface area (TPSA) is 109 Å². The van der Waals surface area contributed by atoms with E-state index in [9.17, 15) is 4.79 Å². The van der Waals surface area contributed by atoms with Crippen molar-refractivity contribution in [1.29, 1.82) is 0 Å². The number of hydrogen-bond acceptors (Lipinski definition) is 7. The third kappa shape index (κ3) is 3.28. The van der Waals surface area contributed by atoms with Crippen molar-refractivity contribution in [2.75, 3.05) is 0 Å². The number of aromatic nitrogens is 8. The van der Waals surface area contributed by atoms with Crippen LogP contribution in [0.3, 0.4) is 0 Å². The predicted molar refractivity (Wildman–Crippen MR) is 121 cm³/mol. The van der Waals surface area contributed by atoms with Gasteiger partial charge in [-0.15, -0.1) is 10.2 Å². The number of fused-ring (bicyclic) bond motifs is 2. The summed E-state index contributed by atoms with van der Waals surface area (Å²) in [5.41, 5.74) is 4.56. The molecule has 0 atom stereocenters. The Balaban J connectivity index is 1.41. The maximum atomic E-state index is 13.3. The summed E-state index contributed by atoms with van der Waals surface area (Å²) >= 11 is 0. The monoisotopic (exact) mass is 438 g/mol. The van der Waals surface area contributed by atoms with Crippen LogP contribution in [0.4, 0.5) is 0 Å². The zero-order valence-electron chi connectivity index (χ0n) is 17.9. The molecule has 0 saturated carbocycles. The van der Waals surface area contributed by atoms with Crippen LogP contribution >= 0.6 is 0 Å². The molecule has 0 unspecified atom stereocenters. The Kier molecular flexibility index (Phi) is 4.19. The highest BCUT2D eigenvalue weighted by molar-refractivity contribution is 5.82. The van der Waals surface area contributed by atoms with Gasteiger partial charge in [-0.05, 0) is 31.2 Å². The van der Waals surface area contributed by atoms with Gasteiger partial charge in [-0.1, -0.05) is 5.16 Å². The van der Waals surface area contributed by atoms with E-state index in [1.54, 1.807) is 27.8 Å². The molecule has 33 heavy (non-hydrogen) atoms. The second-order valence-electron chi connectivity index (χ2n) is 7.90. The summed E-state index contributed by atoms with van der Waals surface area (Å²) in [6, 6.07) is 9.31. The van der Waals surface area contributed by atoms with Gasteiger partial charge in [0, 0.05) is 54.6 Å². The molecule has 162 valence electrons. The molecule has 0 amide bonds. The number of aryl methyl sites for hydroxylation is 2. The second kappa shape index (κ2) is 7.23. The summed E-state index contributed by atoms with van der Waals surface area (Å²) < 4.78 is 10.6. The Morgan fingerprint density at radius 1 is 1.00 bits per heavy atom. The molecule has 10 heteroatoms. The summed E-state index contributed by atoms with van der Waals surface area (Å²) in [5, 5.41) is 17.2. The van der Waals surface area contributed by atoms with Crippen LogP contribution in [0.1, 0.15) is 11.5 Å². The van der Waals surface area contributed by atoms with Crippen molar-refractivity contribution in [3.05, 3.63) is 83.2 Å². The average Bonchev–Trinajstić information content (AvgIpc) is 3.55. The average molecular weight is 438 g/mol. The number of nitrogens with zero attached hydrogens (tertiary/aromatic N) is 8. The zero-order valence-corrected chi connectivity index (χ0v) is 17.9. The molecule has 0 saturated heterocycles. The van der Waals surface area contributed by atoms with Crippen LogP contribution in [0, 0.1) is 6.92 Å². The van der Waals surface area contributed by atoms with Crippen molar-refractivity contribution >= 4 is 16.6 Å². The van der Waals surface area contributed by atoms with Gasteiger partial charge in [0.1, 0.15) is 0 Å². The lowest BCUT2D eigenvalue weighted by atomic mass is 10.1. The standard InChI is InChI=1S/C23H18N8O2/c1-14-7-20(33-28-14)15-3-4-21-26-27-22(31(21)12-15)13-30-6-5-19-18(23(30)32)8-16(9-24-19)17-10-25-29(2)11-17/h3-12H,13H2,1-2H3. The first-order valence-electron chi connectivity index (χ1n) is 10.3. The lowest BCUT2D eigenvalue weighted by molar-refractivity contribution is 0.427. The van der Waals surface area contributed by atoms with Crippen LogP contribution in [0.2, 0.25) is 0 Å². The van der Waals surface area contributed by atoms with Crippen LogP contribution < -0.4 is 5.56 Å². The van der Waals surface area contributed by atoms with E-state index in [-0.39, 0.29) is 12.1 Å². The van der Waals surface area contributed by atoms with E-state index in [1.165, 1.54) is 0 Å². The smallest absolute Gasteiger partial charge is 0.260 e. The summed E-state index contributed by atoms with van der Waals surface area (Å²) in [7, 11) is 1.85. The van der Waals surface area contributed by atoms with Gasteiger partial charge in [0.2, 0.25) is 0 Å². The van der Waals surface area contributed by atoms with Crippen LogP contribution in [-0.4, -0.2) is 39.1 Å². The molecule has 6 aromatic rings. The van der Waals surface area contributed by atoms with E-state index in [1.807, 2.05) is 61.1 Å². The molecular weight excluding hydrogens is 420 g/mol. The van der Waals surface area contributed by atoms with Crippen molar-refractivity contribution in [3.8, 4) is 22.5 Å². The highest BCUT2D eigenvalue weighted by Crippen LogP contribution is 2.22. The first-order chi connectivity index (χ1) is 16.0. The fourth-order valence-corrected chi connectivity index (χ4v) is 3.86. The first kappa shape index (κ1) is 19.1.